The maximum absolute atomic E-state index is 5.33. The second-order valence-electron chi connectivity index (χ2n) is 4.04. The number of nitrogens with one attached hydrogen (secondary N) is 1. The van der Waals surface area contributed by atoms with Gasteiger partial charge < -0.3 is 10.1 Å². The fraction of sp³-hybridized carbons (Fsp3) is 0.727. The molecule has 0 aromatic carbocycles. The number of hydrogen-bond acceptors (Lipinski definition) is 5. The Labute approximate surface area is 105 Å². The first kappa shape index (κ1) is 12.4. The number of ether oxygens (including phenoxy) is 1. The van der Waals surface area contributed by atoms with E-state index in [2.05, 4.69) is 15.7 Å². The number of nitrogens with zero attached hydrogens (tertiary/aromatic N) is 1. The van der Waals surface area contributed by atoms with Gasteiger partial charge in [0.15, 0.2) is 0 Å². The average Bonchev–Trinajstić information content (AvgIpc) is 2.89. The highest BCUT2D eigenvalue weighted by atomic mass is 32.2. The van der Waals surface area contributed by atoms with Gasteiger partial charge in [0.25, 0.3) is 0 Å². The Morgan fingerprint density at radius 3 is 3.31 bits per heavy atom. The molecule has 90 valence electrons. The summed E-state index contributed by atoms with van der Waals surface area (Å²) in [7, 11) is 0. The Bertz CT molecular complexity index is 311. The van der Waals surface area contributed by atoms with Crippen LogP contribution in [0.5, 0.6) is 0 Å². The van der Waals surface area contributed by atoms with Crippen molar-refractivity contribution in [2.24, 2.45) is 5.92 Å². The monoisotopic (exact) mass is 258 g/mol. The van der Waals surface area contributed by atoms with Crippen molar-refractivity contribution >= 4 is 23.1 Å². The Morgan fingerprint density at radius 2 is 2.62 bits per heavy atom. The molecule has 1 aliphatic rings. The van der Waals surface area contributed by atoms with Gasteiger partial charge in [0, 0.05) is 36.5 Å². The summed E-state index contributed by atoms with van der Waals surface area (Å²) < 4.78 is 6.52. The quantitative estimate of drug-likeness (QED) is 0.626. The smallest absolute Gasteiger partial charge is 0.150 e. The van der Waals surface area contributed by atoms with E-state index >= 15 is 0 Å². The highest BCUT2D eigenvalue weighted by Gasteiger charge is 2.14. The van der Waals surface area contributed by atoms with Crippen LogP contribution in [0.4, 0.5) is 0 Å². The van der Waals surface area contributed by atoms with Gasteiger partial charge in [-0.3, -0.25) is 0 Å². The summed E-state index contributed by atoms with van der Waals surface area (Å²) in [5, 5.41) is 5.58. The second kappa shape index (κ2) is 6.59. The zero-order chi connectivity index (χ0) is 11.2. The highest BCUT2D eigenvalue weighted by molar-refractivity contribution is 8.01. The molecular weight excluding hydrogens is 240 g/mol. The Kier molecular flexibility index (Phi) is 5.09. The van der Waals surface area contributed by atoms with E-state index in [1.54, 1.807) is 11.3 Å². The minimum absolute atomic E-state index is 0.729. The third-order valence-corrected chi connectivity index (χ3v) is 4.70. The van der Waals surface area contributed by atoms with E-state index in [-0.39, 0.29) is 0 Å². The van der Waals surface area contributed by atoms with Crippen LogP contribution in [0, 0.1) is 12.8 Å². The second-order valence-corrected chi connectivity index (χ2v) is 6.24. The van der Waals surface area contributed by atoms with E-state index in [4.69, 9.17) is 4.74 Å². The molecule has 1 fully saturated rings. The van der Waals surface area contributed by atoms with Gasteiger partial charge in [-0.05, 0) is 19.3 Å². The molecule has 1 unspecified atom stereocenters. The first-order valence-electron chi connectivity index (χ1n) is 5.68. The number of thioether (sulfide) groups is 1. The molecule has 0 radical (unpaired) electrons. The predicted octanol–water partition coefficient (Wildman–Crippen LogP) is 2.17. The largest absolute Gasteiger partial charge is 0.381 e. The molecule has 0 amide bonds. The van der Waals surface area contributed by atoms with Crippen LogP contribution in [0.2, 0.25) is 0 Å². The summed E-state index contributed by atoms with van der Waals surface area (Å²) in [6.45, 7) is 6.07. The summed E-state index contributed by atoms with van der Waals surface area (Å²) >= 11 is 3.57. The van der Waals surface area contributed by atoms with Crippen LogP contribution >= 0.6 is 23.1 Å². The molecule has 0 bridgehead atoms. The molecule has 2 heterocycles. The minimum atomic E-state index is 0.729. The summed E-state index contributed by atoms with van der Waals surface area (Å²) in [6, 6.07) is 0. The van der Waals surface area contributed by atoms with Gasteiger partial charge in [0.2, 0.25) is 0 Å². The molecular formula is C11H18N2OS2. The van der Waals surface area contributed by atoms with Crippen LogP contribution in [0.1, 0.15) is 12.1 Å². The summed E-state index contributed by atoms with van der Waals surface area (Å²) in [5.74, 6) is 1.83. The third-order valence-electron chi connectivity index (χ3n) is 2.56. The van der Waals surface area contributed by atoms with Crippen molar-refractivity contribution in [3.63, 3.8) is 0 Å². The lowest BCUT2D eigenvalue weighted by Crippen LogP contribution is -2.25. The molecule has 3 nitrogen and oxygen atoms in total. The SMILES string of the molecule is Cc1csc(SCCNCC2CCOC2)n1. The van der Waals surface area contributed by atoms with Gasteiger partial charge in [-0.1, -0.05) is 11.8 Å². The number of aryl methyl sites for hydroxylation is 1. The molecule has 1 saturated heterocycles. The lowest BCUT2D eigenvalue weighted by Gasteiger charge is -2.08. The summed E-state index contributed by atoms with van der Waals surface area (Å²) in [6.07, 6.45) is 1.21. The number of rotatable bonds is 6. The molecule has 5 heteroatoms. The fourth-order valence-electron chi connectivity index (χ4n) is 1.66. The van der Waals surface area contributed by atoms with Crippen molar-refractivity contribution in [1.82, 2.24) is 10.3 Å². The van der Waals surface area contributed by atoms with Gasteiger partial charge in [0.1, 0.15) is 4.34 Å². The Balaban J connectivity index is 1.51. The molecule has 1 aromatic heterocycles. The normalized spacial score (nSPS) is 20.4. The van der Waals surface area contributed by atoms with Crippen molar-refractivity contribution in [3.8, 4) is 0 Å². The zero-order valence-corrected chi connectivity index (χ0v) is 11.2. The van der Waals surface area contributed by atoms with Crippen LogP contribution in [0.15, 0.2) is 9.72 Å². The topological polar surface area (TPSA) is 34.1 Å². The maximum atomic E-state index is 5.33. The molecule has 2 rings (SSSR count). The van der Waals surface area contributed by atoms with E-state index in [0.29, 0.717) is 0 Å². The van der Waals surface area contributed by atoms with Crippen LogP contribution < -0.4 is 5.32 Å². The van der Waals surface area contributed by atoms with Crippen LogP contribution in [-0.4, -0.2) is 37.0 Å². The molecule has 16 heavy (non-hydrogen) atoms. The van der Waals surface area contributed by atoms with Crippen LogP contribution in [-0.2, 0) is 4.74 Å². The Morgan fingerprint density at radius 1 is 1.69 bits per heavy atom. The summed E-state index contributed by atoms with van der Waals surface area (Å²) in [5.41, 5.74) is 1.13. The lowest BCUT2D eigenvalue weighted by molar-refractivity contribution is 0.185. The van der Waals surface area contributed by atoms with Crippen molar-refractivity contribution in [3.05, 3.63) is 11.1 Å². The van der Waals surface area contributed by atoms with Crippen molar-refractivity contribution in [1.29, 1.82) is 0 Å². The van der Waals surface area contributed by atoms with E-state index in [0.717, 1.165) is 43.7 Å². The zero-order valence-electron chi connectivity index (χ0n) is 9.57. The van der Waals surface area contributed by atoms with Crippen molar-refractivity contribution in [2.45, 2.75) is 17.7 Å². The molecule has 1 N–H and O–H groups in total. The van der Waals surface area contributed by atoms with Crippen molar-refractivity contribution in [2.75, 3.05) is 32.1 Å². The third kappa shape index (κ3) is 4.05. The van der Waals surface area contributed by atoms with E-state index in [1.807, 2.05) is 18.7 Å². The van der Waals surface area contributed by atoms with Gasteiger partial charge in [-0.25, -0.2) is 4.98 Å². The van der Waals surface area contributed by atoms with Crippen LogP contribution in [0.25, 0.3) is 0 Å². The van der Waals surface area contributed by atoms with Gasteiger partial charge >= 0.3 is 0 Å². The fourth-order valence-corrected chi connectivity index (χ4v) is 3.48. The number of aromatic nitrogens is 1. The summed E-state index contributed by atoms with van der Waals surface area (Å²) in [4.78, 5) is 4.42. The van der Waals surface area contributed by atoms with E-state index < -0.39 is 0 Å². The molecule has 1 aliphatic heterocycles. The first-order valence-corrected chi connectivity index (χ1v) is 7.54. The number of thiazole rings is 1. The van der Waals surface area contributed by atoms with Gasteiger partial charge in [-0.15, -0.1) is 11.3 Å². The molecule has 1 atom stereocenters. The molecule has 1 aromatic rings. The standard InChI is InChI=1S/C11H18N2OS2/c1-9-8-16-11(13-9)15-5-3-12-6-10-2-4-14-7-10/h8,10,12H,2-7H2,1H3. The Hall–Kier alpha value is -0.100. The van der Waals surface area contributed by atoms with Gasteiger partial charge in [-0.2, -0.15) is 0 Å². The van der Waals surface area contributed by atoms with E-state index in [1.165, 1.54) is 10.8 Å². The first-order chi connectivity index (χ1) is 7.84. The predicted molar refractivity (Wildman–Crippen MR) is 69.4 cm³/mol. The molecule has 0 saturated carbocycles. The van der Waals surface area contributed by atoms with Crippen LogP contribution in [0.3, 0.4) is 0 Å². The molecule has 0 aliphatic carbocycles. The minimum Gasteiger partial charge on any atom is -0.381 e. The number of hydrogen-bond donors (Lipinski definition) is 1. The highest BCUT2D eigenvalue weighted by Crippen LogP contribution is 2.21. The van der Waals surface area contributed by atoms with Gasteiger partial charge in [0.05, 0.1) is 6.61 Å². The van der Waals surface area contributed by atoms with Crippen molar-refractivity contribution < 1.29 is 4.74 Å². The van der Waals surface area contributed by atoms with E-state index in [9.17, 15) is 0 Å². The molecule has 0 spiro atoms. The maximum Gasteiger partial charge on any atom is 0.150 e. The lowest BCUT2D eigenvalue weighted by atomic mass is 10.1. The average molecular weight is 258 g/mol.